The highest BCUT2D eigenvalue weighted by molar-refractivity contribution is 6.30. The monoisotopic (exact) mass is 466 g/mol. The maximum atomic E-state index is 11.5. The summed E-state index contributed by atoms with van der Waals surface area (Å²) in [7, 11) is 0. The molecule has 2 rings (SSSR count). The van der Waals surface area contributed by atoms with Crippen LogP contribution < -0.4 is 4.74 Å². The van der Waals surface area contributed by atoms with Gasteiger partial charge in [0.05, 0.1) is 18.3 Å². The number of allylic oxidation sites excluding steroid dienone is 2. The van der Waals surface area contributed by atoms with Crippen LogP contribution in [0.1, 0.15) is 46.0 Å². The first kappa shape index (κ1) is 26.4. The smallest absolute Gasteiger partial charge is 0.306 e. The molecule has 0 aliphatic heterocycles. The van der Waals surface area contributed by atoms with E-state index in [1.807, 2.05) is 26.0 Å². The second-order valence-corrected chi connectivity index (χ2v) is 8.91. The van der Waals surface area contributed by atoms with Crippen LogP contribution in [0.4, 0.5) is 0 Å². The Morgan fingerprint density at radius 2 is 2.03 bits per heavy atom. The zero-order valence-corrected chi connectivity index (χ0v) is 19.5. The molecular formula is C25H35ClO6. The lowest BCUT2D eigenvalue weighted by molar-refractivity contribution is -0.147. The van der Waals surface area contributed by atoms with Crippen molar-refractivity contribution in [3.63, 3.8) is 0 Å². The number of carbonyl (C=O) groups excluding carboxylic acids is 1. The Labute approximate surface area is 195 Å². The summed E-state index contributed by atoms with van der Waals surface area (Å²) in [4.78, 5) is 11.5. The second-order valence-electron chi connectivity index (χ2n) is 8.47. The molecule has 1 aliphatic carbocycles. The van der Waals surface area contributed by atoms with Crippen molar-refractivity contribution in [3.05, 3.63) is 53.6 Å². The highest BCUT2D eigenvalue weighted by Crippen LogP contribution is 2.36. The van der Waals surface area contributed by atoms with Gasteiger partial charge in [-0.1, -0.05) is 42.0 Å². The highest BCUT2D eigenvalue weighted by atomic mass is 35.5. The average molecular weight is 467 g/mol. The summed E-state index contributed by atoms with van der Waals surface area (Å²) in [5, 5.41) is 31.5. The lowest BCUT2D eigenvalue weighted by Gasteiger charge is -2.19. The molecule has 0 radical (unpaired) electrons. The van der Waals surface area contributed by atoms with Gasteiger partial charge in [-0.25, -0.2) is 0 Å². The van der Waals surface area contributed by atoms with Gasteiger partial charge in [-0.3, -0.25) is 4.79 Å². The van der Waals surface area contributed by atoms with Gasteiger partial charge >= 0.3 is 5.97 Å². The lowest BCUT2D eigenvalue weighted by Crippen LogP contribution is -2.21. The van der Waals surface area contributed by atoms with Crippen LogP contribution in [0.15, 0.2) is 48.6 Å². The Hall–Kier alpha value is -1.86. The lowest BCUT2D eigenvalue weighted by atomic mass is 9.89. The van der Waals surface area contributed by atoms with E-state index < -0.39 is 18.3 Å². The summed E-state index contributed by atoms with van der Waals surface area (Å²) in [6, 6.07) is 6.94. The number of hydrogen-bond acceptors (Lipinski definition) is 6. The van der Waals surface area contributed by atoms with Crippen LogP contribution in [0.2, 0.25) is 5.02 Å². The fourth-order valence-electron chi connectivity index (χ4n) is 3.81. The zero-order valence-electron chi connectivity index (χ0n) is 18.8. The first-order valence-electron chi connectivity index (χ1n) is 11.2. The standard InChI is InChI=1S/C25H35ClO6/c1-17(2)32-25(30)11-6-4-3-5-10-21-22(24(29)15-23(21)28)13-12-19(27)16-31-20-9-7-8-18(26)14-20/h3,5,7-9,12-14,17,19,21-24,27-29H,4,6,10-11,15-16H2,1-2H3/b5-3-,13-12+/t19-,21-,22+,23-,24+/m0/s1. The third-order valence-corrected chi connectivity index (χ3v) is 5.62. The molecule has 5 atom stereocenters. The zero-order chi connectivity index (χ0) is 23.5. The average Bonchev–Trinajstić information content (AvgIpc) is 2.99. The number of aliphatic hydroxyl groups is 3. The number of unbranched alkanes of at least 4 members (excludes halogenated alkanes) is 1. The Balaban J connectivity index is 1.78. The minimum Gasteiger partial charge on any atom is -0.491 e. The quantitative estimate of drug-likeness (QED) is 0.244. The summed E-state index contributed by atoms with van der Waals surface area (Å²) >= 11 is 5.92. The molecule has 6 nitrogen and oxygen atoms in total. The molecule has 0 amide bonds. The Bertz CT molecular complexity index is 763. The molecule has 0 aromatic heterocycles. The first-order valence-corrected chi connectivity index (χ1v) is 11.6. The molecule has 1 aromatic rings. The number of rotatable bonds is 12. The third-order valence-electron chi connectivity index (χ3n) is 5.38. The van der Waals surface area contributed by atoms with Crippen molar-refractivity contribution < 1.29 is 29.6 Å². The van der Waals surface area contributed by atoms with Crippen LogP contribution in [0.3, 0.4) is 0 Å². The normalized spacial score (nSPS) is 24.5. The van der Waals surface area contributed by atoms with Gasteiger partial charge in [0.2, 0.25) is 0 Å². The van der Waals surface area contributed by atoms with E-state index in [1.54, 1.807) is 36.4 Å². The maximum Gasteiger partial charge on any atom is 0.306 e. The van der Waals surface area contributed by atoms with Gasteiger partial charge in [-0.15, -0.1) is 0 Å². The van der Waals surface area contributed by atoms with Crippen LogP contribution in [-0.2, 0) is 9.53 Å². The molecule has 178 valence electrons. The molecule has 32 heavy (non-hydrogen) atoms. The van der Waals surface area contributed by atoms with E-state index in [-0.39, 0.29) is 30.5 Å². The van der Waals surface area contributed by atoms with Gasteiger partial charge in [0.25, 0.3) is 0 Å². The van der Waals surface area contributed by atoms with Crippen molar-refractivity contribution in [1.29, 1.82) is 0 Å². The summed E-state index contributed by atoms with van der Waals surface area (Å²) in [6.45, 7) is 3.72. The molecule has 1 saturated carbocycles. The fourth-order valence-corrected chi connectivity index (χ4v) is 3.99. The number of benzene rings is 1. The van der Waals surface area contributed by atoms with Gasteiger partial charge in [0, 0.05) is 23.8 Å². The van der Waals surface area contributed by atoms with E-state index in [0.717, 1.165) is 6.42 Å². The summed E-state index contributed by atoms with van der Waals surface area (Å²) in [5.74, 6) is -0.00598. The van der Waals surface area contributed by atoms with Crippen molar-refractivity contribution in [1.82, 2.24) is 0 Å². The number of esters is 1. The molecule has 0 heterocycles. The number of aliphatic hydroxyl groups excluding tert-OH is 3. The van der Waals surface area contributed by atoms with E-state index in [4.69, 9.17) is 21.1 Å². The van der Waals surface area contributed by atoms with Gasteiger partial charge in [-0.05, 0) is 57.2 Å². The van der Waals surface area contributed by atoms with Crippen molar-refractivity contribution in [2.24, 2.45) is 11.8 Å². The number of carbonyl (C=O) groups is 1. The molecule has 7 heteroatoms. The minimum absolute atomic E-state index is 0.0615. The van der Waals surface area contributed by atoms with Gasteiger partial charge < -0.3 is 24.8 Å². The van der Waals surface area contributed by atoms with Gasteiger partial charge in [-0.2, -0.15) is 0 Å². The van der Waals surface area contributed by atoms with Crippen molar-refractivity contribution in [2.45, 2.75) is 70.4 Å². The fraction of sp³-hybridized carbons (Fsp3) is 0.560. The number of ether oxygens (including phenoxy) is 2. The molecule has 1 aromatic carbocycles. The van der Waals surface area contributed by atoms with Crippen molar-refractivity contribution in [2.75, 3.05) is 6.61 Å². The van der Waals surface area contributed by atoms with E-state index in [1.165, 1.54) is 0 Å². The van der Waals surface area contributed by atoms with E-state index in [0.29, 0.717) is 36.5 Å². The van der Waals surface area contributed by atoms with E-state index in [9.17, 15) is 20.1 Å². The first-order chi connectivity index (χ1) is 15.3. The molecule has 1 aliphatic rings. The van der Waals surface area contributed by atoms with Crippen molar-refractivity contribution in [3.8, 4) is 5.75 Å². The number of hydrogen-bond donors (Lipinski definition) is 3. The second kappa shape index (κ2) is 13.6. The van der Waals surface area contributed by atoms with Crippen LogP contribution in [-0.4, -0.2) is 52.3 Å². The summed E-state index contributed by atoms with van der Waals surface area (Å²) < 4.78 is 10.6. The van der Waals surface area contributed by atoms with Gasteiger partial charge in [0.1, 0.15) is 18.5 Å². The van der Waals surface area contributed by atoms with E-state index in [2.05, 4.69) is 0 Å². The molecular weight excluding hydrogens is 432 g/mol. The van der Waals surface area contributed by atoms with Crippen LogP contribution in [0.25, 0.3) is 0 Å². The predicted molar refractivity (Wildman–Crippen MR) is 125 cm³/mol. The Kier molecular flexibility index (Phi) is 11.2. The highest BCUT2D eigenvalue weighted by Gasteiger charge is 2.39. The topological polar surface area (TPSA) is 96.2 Å². The van der Waals surface area contributed by atoms with Crippen LogP contribution in [0.5, 0.6) is 5.75 Å². The maximum absolute atomic E-state index is 11.5. The predicted octanol–water partition coefficient (Wildman–Crippen LogP) is 4.06. The van der Waals surface area contributed by atoms with Gasteiger partial charge in [0.15, 0.2) is 0 Å². The summed E-state index contributed by atoms with van der Waals surface area (Å²) in [6.07, 6.45) is 7.90. The van der Waals surface area contributed by atoms with E-state index >= 15 is 0 Å². The van der Waals surface area contributed by atoms with Crippen LogP contribution in [0, 0.1) is 11.8 Å². The molecule has 3 N–H and O–H groups in total. The minimum atomic E-state index is -0.847. The number of halogens is 1. The Morgan fingerprint density at radius 3 is 2.75 bits per heavy atom. The largest absolute Gasteiger partial charge is 0.491 e. The molecule has 0 spiro atoms. The summed E-state index contributed by atoms with van der Waals surface area (Å²) in [5.41, 5.74) is 0. The van der Waals surface area contributed by atoms with Crippen molar-refractivity contribution >= 4 is 17.6 Å². The molecule has 0 saturated heterocycles. The molecule has 1 fully saturated rings. The molecule has 0 unspecified atom stereocenters. The SMILES string of the molecule is CC(C)OC(=O)CCC/C=C\C[C@H]1[C@@H](/C=C/[C@H](O)COc2cccc(Cl)c2)[C@H](O)C[C@@H]1O. The third kappa shape index (κ3) is 9.33. The van der Waals surface area contributed by atoms with Crippen LogP contribution >= 0.6 is 11.6 Å². The molecule has 0 bridgehead atoms. The Morgan fingerprint density at radius 1 is 1.25 bits per heavy atom.